The maximum absolute atomic E-state index is 12.6. The standard InChI is InChI=1S/C11H7FN2/c1-2-9-7-13-14(8-9)11-5-3-10(12)4-6-11/h1,3-8H. The Morgan fingerprint density at radius 2 is 2.00 bits per heavy atom. The van der Waals surface area contributed by atoms with Gasteiger partial charge in [-0.05, 0) is 24.3 Å². The number of nitrogens with zero attached hydrogens (tertiary/aromatic N) is 2. The van der Waals surface area contributed by atoms with Crippen molar-refractivity contribution in [3.8, 4) is 18.0 Å². The van der Waals surface area contributed by atoms with Gasteiger partial charge < -0.3 is 0 Å². The molecule has 0 radical (unpaired) electrons. The Morgan fingerprint density at radius 3 is 2.57 bits per heavy atom. The monoisotopic (exact) mass is 186 g/mol. The molecule has 1 aromatic heterocycles. The van der Waals surface area contributed by atoms with Gasteiger partial charge in [-0.1, -0.05) is 5.92 Å². The third-order valence-corrected chi connectivity index (χ3v) is 1.84. The summed E-state index contributed by atoms with van der Waals surface area (Å²) in [5.41, 5.74) is 1.49. The summed E-state index contributed by atoms with van der Waals surface area (Å²) in [6.07, 6.45) is 8.50. The van der Waals surface area contributed by atoms with Gasteiger partial charge in [-0.15, -0.1) is 6.42 Å². The quantitative estimate of drug-likeness (QED) is 0.623. The van der Waals surface area contributed by atoms with Gasteiger partial charge in [0, 0.05) is 6.20 Å². The van der Waals surface area contributed by atoms with Gasteiger partial charge in [-0.25, -0.2) is 9.07 Å². The minimum atomic E-state index is -0.266. The predicted octanol–water partition coefficient (Wildman–Crippen LogP) is 1.99. The van der Waals surface area contributed by atoms with E-state index < -0.39 is 0 Å². The molecule has 0 amide bonds. The molecule has 0 unspecified atom stereocenters. The molecule has 2 rings (SSSR count). The molecule has 0 aliphatic carbocycles. The second-order valence-electron chi connectivity index (χ2n) is 2.79. The van der Waals surface area contributed by atoms with E-state index in [0.29, 0.717) is 5.56 Å². The SMILES string of the molecule is C#Cc1cnn(-c2ccc(F)cc2)c1. The normalized spacial score (nSPS) is 9.71. The van der Waals surface area contributed by atoms with E-state index in [4.69, 9.17) is 6.42 Å². The van der Waals surface area contributed by atoms with E-state index in [1.165, 1.54) is 12.1 Å². The highest BCUT2D eigenvalue weighted by Gasteiger charge is 1.98. The zero-order valence-electron chi connectivity index (χ0n) is 7.31. The van der Waals surface area contributed by atoms with Crippen LogP contribution in [-0.2, 0) is 0 Å². The minimum absolute atomic E-state index is 0.266. The first kappa shape index (κ1) is 8.52. The van der Waals surface area contributed by atoms with Gasteiger partial charge in [0.15, 0.2) is 0 Å². The van der Waals surface area contributed by atoms with Crippen molar-refractivity contribution in [1.82, 2.24) is 9.78 Å². The average molecular weight is 186 g/mol. The van der Waals surface area contributed by atoms with Gasteiger partial charge >= 0.3 is 0 Å². The van der Waals surface area contributed by atoms with Crippen LogP contribution < -0.4 is 0 Å². The summed E-state index contributed by atoms with van der Waals surface area (Å²) in [6, 6.07) is 6.05. The molecule has 68 valence electrons. The number of hydrogen-bond donors (Lipinski definition) is 0. The summed E-state index contributed by atoms with van der Waals surface area (Å²) >= 11 is 0. The summed E-state index contributed by atoms with van der Waals surface area (Å²) in [4.78, 5) is 0. The molecule has 0 N–H and O–H groups in total. The maximum Gasteiger partial charge on any atom is 0.123 e. The van der Waals surface area contributed by atoms with E-state index in [1.807, 2.05) is 0 Å². The Balaban J connectivity index is 2.40. The van der Waals surface area contributed by atoms with Crippen molar-refractivity contribution in [2.45, 2.75) is 0 Å². The largest absolute Gasteiger partial charge is 0.240 e. The van der Waals surface area contributed by atoms with Crippen molar-refractivity contribution in [3.63, 3.8) is 0 Å². The summed E-state index contributed by atoms with van der Waals surface area (Å²) < 4.78 is 14.2. The van der Waals surface area contributed by atoms with Crippen LogP contribution in [0.1, 0.15) is 5.56 Å². The summed E-state index contributed by atoms with van der Waals surface area (Å²) in [7, 11) is 0. The topological polar surface area (TPSA) is 17.8 Å². The lowest BCUT2D eigenvalue weighted by molar-refractivity contribution is 0.627. The molecule has 0 bridgehead atoms. The highest BCUT2D eigenvalue weighted by atomic mass is 19.1. The summed E-state index contributed by atoms with van der Waals surface area (Å²) in [6.45, 7) is 0. The molecule has 0 saturated heterocycles. The average Bonchev–Trinajstić information content (AvgIpc) is 2.67. The molecule has 0 saturated carbocycles. The molecule has 0 aliphatic rings. The number of hydrogen-bond acceptors (Lipinski definition) is 1. The van der Waals surface area contributed by atoms with Gasteiger partial charge in [0.1, 0.15) is 5.82 Å². The summed E-state index contributed by atoms with van der Waals surface area (Å²) in [5.74, 6) is 2.21. The smallest absolute Gasteiger partial charge is 0.123 e. The first-order valence-corrected chi connectivity index (χ1v) is 4.07. The van der Waals surface area contributed by atoms with Crippen molar-refractivity contribution >= 4 is 0 Å². The van der Waals surface area contributed by atoms with Crippen LogP contribution in [0.5, 0.6) is 0 Å². The molecule has 0 spiro atoms. The zero-order chi connectivity index (χ0) is 9.97. The number of terminal acetylenes is 1. The van der Waals surface area contributed by atoms with Crippen LogP contribution in [-0.4, -0.2) is 9.78 Å². The molecule has 0 fully saturated rings. The molecular formula is C11H7FN2. The van der Waals surface area contributed by atoms with E-state index in [2.05, 4.69) is 11.0 Å². The molecule has 14 heavy (non-hydrogen) atoms. The van der Waals surface area contributed by atoms with Crippen molar-refractivity contribution in [2.75, 3.05) is 0 Å². The molecule has 2 aromatic rings. The van der Waals surface area contributed by atoms with Crippen molar-refractivity contribution in [1.29, 1.82) is 0 Å². The van der Waals surface area contributed by atoms with Gasteiger partial charge in [0.2, 0.25) is 0 Å². The first-order valence-electron chi connectivity index (χ1n) is 4.07. The van der Waals surface area contributed by atoms with Crippen molar-refractivity contribution < 1.29 is 4.39 Å². The van der Waals surface area contributed by atoms with Crippen LogP contribution >= 0.6 is 0 Å². The Labute approximate surface area is 81.0 Å². The fraction of sp³-hybridized carbons (Fsp3) is 0. The molecule has 0 atom stereocenters. The highest BCUT2D eigenvalue weighted by molar-refractivity contribution is 5.35. The van der Waals surface area contributed by atoms with E-state index in [-0.39, 0.29) is 5.82 Å². The van der Waals surface area contributed by atoms with Crippen LogP contribution in [0.25, 0.3) is 5.69 Å². The second kappa shape index (κ2) is 3.35. The van der Waals surface area contributed by atoms with Crippen molar-refractivity contribution in [2.24, 2.45) is 0 Å². The molecule has 1 heterocycles. The molecular weight excluding hydrogens is 179 g/mol. The van der Waals surface area contributed by atoms with Gasteiger partial charge in [-0.2, -0.15) is 5.10 Å². The fourth-order valence-electron chi connectivity index (χ4n) is 1.13. The van der Waals surface area contributed by atoms with Crippen LogP contribution in [0.15, 0.2) is 36.7 Å². The third-order valence-electron chi connectivity index (χ3n) is 1.84. The minimum Gasteiger partial charge on any atom is -0.240 e. The Bertz CT molecular complexity index is 477. The predicted molar refractivity (Wildman–Crippen MR) is 51.5 cm³/mol. The number of rotatable bonds is 1. The van der Waals surface area contributed by atoms with E-state index in [1.54, 1.807) is 29.2 Å². The second-order valence-corrected chi connectivity index (χ2v) is 2.79. The van der Waals surface area contributed by atoms with Gasteiger partial charge in [0.05, 0.1) is 17.4 Å². The Morgan fingerprint density at radius 1 is 1.29 bits per heavy atom. The zero-order valence-corrected chi connectivity index (χ0v) is 7.31. The Kier molecular flexibility index (Phi) is 2.04. The fourth-order valence-corrected chi connectivity index (χ4v) is 1.13. The van der Waals surface area contributed by atoms with E-state index >= 15 is 0 Å². The van der Waals surface area contributed by atoms with Crippen LogP contribution in [0.4, 0.5) is 4.39 Å². The van der Waals surface area contributed by atoms with E-state index in [0.717, 1.165) is 5.69 Å². The number of halogens is 1. The Hall–Kier alpha value is -2.08. The van der Waals surface area contributed by atoms with Gasteiger partial charge in [-0.3, -0.25) is 0 Å². The molecule has 3 heteroatoms. The number of aromatic nitrogens is 2. The summed E-state index contributed by atoms with van der Waals surface area (Å²) in [5, 5.41) is 4.04. The van der Waals surface area contributed by atoms with Crippen molar-refractivity contribution in [3.05, 3.63) is 48.0 Å². The third kappa shape index (κ3) is 1.50. The number of benzene rings is 1. The van der Waals surface area contributed by atoms with Crippen LogP contribution in [0.2, 0.25) is 0 Å². The molecule has 2 nitrogen and oxygen atoms in total. The van der Waals surface area contributed by atoms with Crippen LogP contribution in [0.3, 0.4) is 0 Å². The molecule has 0 aliphatic heterocycles. The lowest BCUT2D eigenvalue weighted by atomic mass is 10.3. The van der Waals surface area contributed by atoms with Crippen LogP contribution in [0, 0.1) is 18.2 Å². The lowest BCUT2D eigenvalue weighted by Gasteiger charge is -1.99. The first-order chi connectivity index (χ1) is 6.79. The highest BCUT2D eigenvalue weighted by Crippen LogP contribution is 2.08. The van der Waals surface area contributed by atoms with E-state index in [9.17, 15) is 4.39 Å². The molecule has 1 aromatic carbocycles. The lowest BCUT2D eigenvalue weighted by Crippen LogP contribution is -1.93. The maximum atomic E-state index is 12.6. The van der Waals surface area contributed by atoms with Gasteiger partial charge in [0.25, 0.3) is 0 Å².